The van der Waals surface area contributed by atoms with E-state index in [1.807, 2.05) is 18.2 Å². The minimum absolute atomic E-state index is 0.00464. The smallest absolute Gasteiger partial charge is 0.193 e. The second-order valence-corrected chi connectivity index (χ2v) is 6.52. The van der Waals surface area contributed by atoms with Crippen LogP contribution < -0.4 is 0 Å². The van der Waals surface area contributed by atoms with Crippen LogP contribution in [-0.4, -0.2) is 5.78 Å². The first-order valence-corrected chi connectivity index (χ1v) is 7.73. The van der Waals surface area contributed by atoms with Gasteiger partial charge in [-0.1, -0.05) is 43.6 Å². The Balaban J connectivity index is 2.30. The molecule has 104 valence electrons. The number of hydrogen-bond acceptors (Lipinski definition) is 1. The van der Waals surface area contributed by atoms with E-state index in [1.54, 1.807) is 18.2 Å². The Hall–Kier alpha value is -1.12. The van der Waals surface area contributed by atoms with Crippen LogP contribution in [-0.2, 0) is 6.42 Å². The van der Waals surface area contributed by atoms with Crippen molar-refractivity contribution in [2.24, 2.45) is 5.92 Å². The number of carbonyl (C=O) groups excluding carboxylic acids is 1. The van der Waals surface area contributed by atoms with Gasteiger partial charge in [-0.2, -0.15) is 0 Å². The molecule has 2 aromatic rings. The monoisotopic (exact) mass is 350 g/mol. The van der Waals surface area contributed by atoms with Crippen LogP contribution in [0.4, 0.5) is 0 Å². The van der Waals surface area contributed by atoms with E-state index >= 15 is 0 Å². The van der Waals surface area contributed by atoms with Gasteiger partial charge in [-0.25, -0.2) is 0 Å². The van der Waals surface area contributed by atoms with Gasteiger partial charge in [-0.3, -0.25) is 4.79 Å². The summed E-state index contributed by atoms with van der Waals surface area (Å²) in [7, 11) is 0. The van der Waals surface area contributed by atoms with Gasteiger partial charge < -0.3 is 0 Å². The number of carbonyl (C=O) groups is 1. The van der Waals surface area contributed by atoms with Gasteiger partial charge in [0.1, 0.15) is 0 Å². The highest BCUT2D eigenvalue weighted by molar-refractivity contribution is 9.10. The molecular weight excluding hydrogens is 336 g/mol. The molecule has 0 radical (unpaired) electrons. The summed E-state index contributed by atoms with van der Waals surface area (Å²) in [6.07, 6.45) is 0.974. The summed E-state index contributed by atoms with van der Waals surface area (Å²) < 4.78 is 0.796. The average molecular weight is 352 g/mol. The Morgan fingerprint density at radius 1 is 1.15 bits per heavy atom. The molecule has 0 saturated heterocycles. The molecule has 0 bridgehead atoms. The summed E-state index contributed by atoms with van der Waals surface area (Å²) in [6.45, 7) is 4.34. The predicted octanol–water partition coefficient (Wildman–Crippen LogP) is 5.53. The molecule has 0 atom stereocenters. The molecule has 20 heavy (non-hydrogen) atoms. The van der Waals surface area contributed by atoms with E-state index in [0.717, 1.165) is 10.9 Å². The van der Waals surface area contributed by atoms with Crippen LogP contribution in [0.1, 0.15) is 35.3 Å². The number of halogens is 2. The van der Waals surface area contributed by atoms with Crippen LogP contribution in [0, 0.1) is 5.92 Å². The van der Waals surface area contributed by atoms with Gasteiger partial charge in [0.2, 0.25) is 0 Å². The molecule has 0 heterocycles. The van der Waals surface area contributed by atoms with Crippen LogP contribution >= 0.6 is 27.5 Å². The van der Waals surface area contributed by atoms with Crippen LogP contribution in [0.15, 0.2) is 46.9 Å². The minimum atomic E-state index is 0.00464. The number of hydrogen-bond donors (Lipinski definition) is 0. The normalized spacial score (nSPS) is 10.8. The molecule has 0 unspecified atom stereocenters. The van der Waals surface area contributed by atoms with E-state index in [4.69, 9.17) is 11.6 Å². The van der Waals surface area contributed by atoms with Crippen LogP contribution in [0.2, 0.25) is 5.02 Å². The van der Waals surface area contributed by atoms with Crippen molar-refractivity contribution in [2.75, 3.05) is 0 Å². The SMILES string of the molecule is CC(C)Cc1cccc(C(=O)c2ccc(Br)c(Cl)c2)c1. The lowest BCUT2D eigenvalue weighted by Gasteiger charge is -2.08. The van der Waals surface area contributed by atoms with Gasteiger partial charge in [0, 0.05) is 15.6 Å². The van der Waals surface area contributed by atoms with E-state index in [2.05, 4.69) is 35.8 Å². The van der Waals surface area contributed by atoms with Crippen molar-refractivity contribution in [3.05, 3.63) is 68.7 Å². The molecule has 0 aliphatic heterocycles. The average Bonchev–Trinajstić information content (AvgIpc) is 2.40. The predicted molar refractivity (Wildman–Crippen MR) is 87.6 cm³/mol. The Kier molecular flexibility index (Phi) is 5.00. The number of rotatable bonds is 4. The van der Waals surface area contributed by atoms with Gasteiger partial charge in [-0.05, 0) is 58.1 Å². The highest BCUT2D eigenvalue weighted by atomic mass is 79.9. The van der Waals surface area contributed by atoms with Crippen molar-refractivity contribution in [1.82, 2.24) is 0 Å². The highest BCUT2D eigenvalue weighted by Crippen LogP contribution is 2.24. The maximum absolute atomic E-state index is 12.5. The van der Waals surface area contributed by atoms with Crippen molar-refractivity contribution >= 4 is 33.3 Å². The number of ketones is 1. The van der Waals surface area contributed by atoms with E-state index in [-0.39, 0.29) is 5.78 Å². The van der Waals surface area contributed by atoms with Crippen LogP contribution in [0.25, 0.3) is 0 Å². The second kappa shape index (κ2) is 6.55. The third-order valence-electron chi connectivity index (χ3n) is 3.01. The molecule has 0 spiro atoms. The quantitative estimate of drug-likeness (QED) is 0.662. The maximum Gasteiger partial charge on any atom is 0.193 e. The summed E-state index contributed by atoms with van der Waals surface area (Å²) in [6, 6.07) is 13.1. The summed E-state index contributed by atoms with van der Waals surface area (Å²) in [4.78, 5) is 12.5. The fourth-order valence-electron chi connectivity index (χ4n) is 2.11. The minimum Gasteiger partial charge on any atom is -0.289 e. The topological polar surface area (TPSA) is 17.1 Å². The first-order chi connectivity index (χ1) is 9.47. The fraction of sp³-hybridized carbons (Fsp3) is 0.235. The Morgan fingerprint density at radius 3 is 2.50 bits per heavy atom. The maximum atomic E-state index is 12.5. The molecule has 0 fully saturated rings. The van der Waals surface area contributed by atoms with Gasteiger partial charge >= 0.3 is 0 Å². The molecule has 0 amide bonds. The summed E-state index contributed by atoms with van der Waals surface area (Å²) in [5.74, 6) is 0.576. The lowest BCUT2D eigenvalue weighted by molar-refractivity contribution is 0.103. The summed E-state index contributed by atoms with van der Waals surface area (Å²) in [5, 5.41) is 0.550. The first kappa shape index (κ1) is 15.3. The molecule has 0 aliphatic rings. The molecular formula is C17H16BrClO. The van der Waals surface area contributed by atoms with Crippen molar-refractivity contribution in [3.63, 3.8) is 0 Å². The lowest BCUT2D eigenvalue weighted by Crippen LogP contribution is -2.03. The third-order valence-corrected chi connectivity index (χ3v) is 4.25. The fourth-order valence-corrected chi connectivity index (χ4v) is 2.54. The van der Waals surface area contributed by atoms with Crippen molar-refractivity contribution < 1.29 is 4.79 Å². The Bertz CT molecular complexity index is 635. The molecule has 2 aromatic carbocycles. The lowest BCUT2D eigenvalue weighted by atomic mass is 9.97. The molecule has 2 rings (SSSR count). The molecule has 0 aromatic heterocycles. The largest absolute Gasteiger partial charge is 0.289 e. The Labute approximate surface area is 133 Å². The van der Waals surface area contributed by atoms with Gasteiger partial charge in [0.15, 0.2) is 5.78 Å². The second-order valence-electron chi connectivity index (χ2n) is 5.26. The summed E-state index contributed by atoms with van der Waals surface area (Å²) in [5.41, 5.74) is 2.51. The molecule has 0 saturated carbocycles. The van der Waals surface area contributed by atoms with Crippen LogP contribution in [0.5, 0.6) is 0 Å². The van der Waals surface area contributed by atoms with E-state index in [1.165, 1.54) is 5.56 Å². The standard InChI is InChI=1S/C17H16BrClO/c1-11(2)8-12-4-3-5-13(9-12)17(20)14-6-7-15(18)16(19)10-14/h3-7,9-11H,8H2,1-2H3. The Morgan fingerprint density at radius 2 is 1.85 bits per heavy atom. The van der Waals surface area contributed by atoms with Crippen molar-refractivity contribution in [3.8, 4) is 0 Å². The van der Waals surface area contributed by atoms with Gasteiger partial charge in [-0.15, -0.1) is 0 Å². The van der Waals surface area contributed by atoms with Crippen molar-refractivity contribution in [2.45, 2.75) is 20.3 Å². The van der Waals surface area contributed by atoms with Crippen molar-refractivity contribution in [1.29, 1.82) is 0 Å². The third kappa shape index (κ3) is 3.71. The number of benzene rings is 2. The van der Waals surface area contributed by atoms with E-state index in [9.17, 15) is 4.79 Å². The molecule has 0 aliphatic carbocycles. The highest BCUT2D eigenvalue weighted by Gasteiger charge is 2.11. The first-order valence-electron chi connectivity index (χ1n) is 6.56. The summed E-state index contributed by atoms with van der Waals surface area (Å²) >= 11 is 9.38. The van der Waals surface area contributed by atoms with Gasteiger partial charge in [0.05, 0.1) is 5.02 Å². The zero-order valence-corrected chi connectivity index (χ0v) is 13.8. The molecule has 0 N–H and O–H groups in total. The van der Waals surface area contributed by atoms with Crippen LogP contribution in [0.3, 0.4) is 0 Å². The van der Waals surface area contributed by atoms with E-state index < -0.39 is 0 Å². The zero-order valence-electron chi connectivity index (χ0n) is 11.5. The zero-order chi connectivity index (χ0) is 14.7. The van der Waals surface area contributed by atoms with Gasteiger partial charge in [0.25, 0.3) is 0 Å². The van der Waals surface area contributed by atoms with E-state index in [0.29, 0.717) is 22.1 Å². The molecule has 3 heteroatoms. The molecule has 1 nitrogen and oxygen atoms in total.